The van der Waals surface area contributed by atoms with Gasteiger partial charge in [0.1, 0.15) is 0 Å². The van der Waals surface area contributed by atoms with Gasteiger partial charge < -0.3 is 14.6 Å². The van der Waals surface area contributed by atoms with E-state index in [1.807, 2.05) is 31.2 Å². The Morgan fingerprint density at radius 3 is 2.74 bits per heavy atom. The molecular weight excluding hydrogens is 294 g/mol. The Hall–Kier alpha value is -3.08. The minimum Gasteiger partial charge on any atom is -0.478 e. The third kappa shape index (κ3) is 2.26. The highest BCUT2D eigenvalue weighted by molar-refractivity contribution is 6.03. The molecule has 0 radical (unpaired) electrons. The summed E-state index contributed by atoms with van der Waals surface area (Å²) in [5.74, 6) is 0.359. The van der Waals surface area contributed by atoms with Crippen molar-refractivity contribution >= 4 is 16.9 Å². The number of rotatable bonds is 2. The van der Waals surface area contributed by atoms with E-state index in [0.29, 0.717) is 28.1 Å². The third-order valence-electron chi connectivity index (χ3n) is 3.86. The van der Waals surface area contributed by atoms with Crippen molar-refractivity contribution in [2.45, 2.75) is 6.92 Å². The van der Waals surface area contributed by atoms with Gasteiger partial charge in [-0.25, -0.2) is 9.78 Å². The van der Waals surface area contributed by atoms with Gasteiger partial charge in [0.25, 0.3) is 0 Å². The van der Waals surface area contributed by atoms with Gasteiger partial charge in [-0.2, -0.15) is 0 Å². The molecule has 5 nitrogen and oxygen atoms in total. The first-order valence-corrected chi connectivity index (χ1v) is 7.16. The number of aryl methyl sites for hydroxylation is 1. The average Bonchev–Trinajstić information content (AvgIpc) is 3.00. The number of aromatic nitrogens is 1. The molecule has 2 heterocycles. The molecule has 0 spiro atoms. The fourth-order valence-corrected chi connectivity index (χ4v) is 2.72. The maximum absolute atomic E-state index is 11.6. The molecule has 1 aliphatic rings. The van der Waals surface area contributed by atoms with E-state index in [9.17, 15) is 9.90 Å². The molecule has 1 N–H and O–H groups in total. The van der Waals surface area contributed by atoms with Crippen LogP contribution in [0.4, 0.5) is 0 Å². The molecule has 0 unspecified atom stereocenters. The predicted octanol–water partition coefficient (Wildman–Crippen LogP) is 3.64. The van der Waals surface area contributed by atoms with E-state index in [1.165, 1.54) is 0 Å². The summed E-state index contributed by atoms with van der Waals surface area (Å²) in [7, 11) is 0. The summed E-state index contributed by atoms with van der Waals surface area (Å²) in [6, 6.07) is 12.6. The predicted molar refractivity (Wildman–Crippen MR) is 85.0 cm³/mol. The summed E-state index contributed by atoms with van der Waals surface area (Å²) < 4.78 is 10.7. The largest absolute Gasteiger partial charge is 0.478 e. The Morgan fingerprint density at radius 1 is 1.09 bits per heavy atom. The number of aromatic carboxylic acids is 1. The van der Waals surface area contributed by atoms with Gasteiger partial charge in [-0.3, -0.25) is 0 Å². The summed E-state index contributed by atoms with van der Waals surface area (Å²) in [6.07, 6.45) is 0. The standard InChI is InChI=1S/C18H13NO4/c1-10-2-4-12-13(18(20)21)8-14(19-15(12)6-10)11-3-5-16-17(7-11)23-9-22-16/h2-8H,9H2,1H3,(H,20,21). The number of carboxylic acids is 1. The quantitative estimate of drug-likeness (QED) is 0.783. The lowest BCUT2D eigenvalue weighted by Gasteiger charge is -2.08. The van der Waals surface area contributed by atoms with Gasteiger partial charge in [0.2, 0.25) is 6.79 Å². The van der Waals surface area contributed by atoms with E-state index in [2.05, 4.69) is 4.98 Å². The lowest BCUT2D eigenvalue weighted by molar-refractivity contribution is 0.0699. The van der Waals surface area contributed by atoms with Crippen molar-refractivity contribution in [3.8, 4) is 22.8 Å². The van der Waals surface area contributed by atoms with E-state index in [4.69, 9.17) is 9.47 Å². The second-order valence-electron chi connectivity index (χ2n) is 5.45. The number of fused-ring (bicyclic) bond motifs is 2. The van der Waals surface area contributed by atoms with Crippen LogP contribution in [0.25, 0.3) is 22.2 Å². The molecule has 5 heteroatoms. The van der Waals surface area contributed by atoms with Gasteiger partial charge in [-0.15, -0.1) is 0 Å². The first kappa shape index (κ1) is 13.6. The van der Waals surface area contributed by atoms with Gasteiger partial charge >= 0.3 is 5.97 Å². The van der Waals surface area contributed by atoms with E-state index in [-0.39, 0.29) is 12.4 Å². The fourth-order valence-electron chi connectivity index (χ4n) is 2.72. The van der Waals surface area contributed by atoms with Crippen LogP contribution in [0.15, 0.2) is 42.5 Å². The first-order chi connectivity index (χ1) is 11.1. The zero-order valence-corrected chi connectivity index (χ0v) is 12.4. The van der Waals surface area contributed by atoms with Crippen molar-refractivity contribution < 1.29 is 19.4 Å². The minimum atomic E-state index is -0.969. The summed E-state index contributed by atoms with van der Waals surface area (Å²) in [6.45, 7) is 2.15. The first-order valence-electron chi connectivity index (χ1n) is 7.16. The second-order valence-corrected chi connectivity index (χ2v) is 5.45. The number of carboxylic acid groups (broad SMARTS) is 1. The molecule has 0 fully saturated rings. The molecule has 0 atom stereocenters. The molecular formula is C18H13NO4. The Morgan fingerprint density at radius 2 is 1.91 bits per heavy atom. The maximum atomic E-state index is 11.6. The molecule has 0 saturated carbocycles. The van der Waals surface area contributed by atoms with Gasteiger partial charge in [-0.05, 0) is 42.8 Å². The molecule has 1 aromatic heterocycles. The van der Waals surface area contributed by atoms with Crippen molar-refractivity contribution in [1.82, 2.24) is 4.98 Å². The van der Waals surface area contributed by atoms with E-state index in [1.54, 1.807) is 18.2 Å². The minimum absolute atomic E-state index is 0.198. The average molecular weight is 307 g/mol. The van der Waals surface area contributed by atoms with Crippen molar-refractivity contribution in [3.05, 3.63) is 53.6 Å². The lowest BCUT2D eigenvalue weighted by Crippen LogP contribution is -2.00. The van der Waals surface area contributed by atoms with Crippen LogP contribution in [0.5, 0.6) is 11.5 Å². The van der Waals surface area contributed by atoms with Gasteiger partial charge in [0.15, 0.2) is 11.5 Å². The molecule has 2 aromatic carbocycles. The summed E-state index contributed by atoms with van der Waals surface area (Å²) >= 11 is 0. The molecule has 114 valence electrons. The number of hydrogen-bond donors (Lipinski definition) is 1. The van der Waals surface area contributed by atoms with Gasteiger partial charge in [0.05, 0.1) is 16.8 Å². The molecule has 0 bridgehead atoms. The van der Waals surface area contributed by atoms with Crippen molar-refractivity contribution in [1.29, 1.82) is 0 Å². The van der Waals surface area contributed by atoms with Crippen LogP contribution in [0.2, 0.25) is 0 Å². The van der Waals surface area contributed by atoms with Crippen LogP contribution in [0.1, 0.15) is 15.9 Å². The number of ether oxygens (including phenoxy) is 2. The number of benzene rings is 2. The topological polar surface area (TPSA) is 68.7 Å². The Bertz CT molecular complexity index is 949. The Kier molecular flexibility index (Phi) is 2.94. The second kappa shape index (κ2) is 4.98. The van der Waals surface area contributed by atoms with E-state index < -0.39 is 5.97 Å². The third-order valence-corrected chi connectivity index (χ3v) is 3.86. The van der Waals surface area contributed by atoms with Gasteiger partial charge in [0, 0.05) is 10.9 Å². The van der Waals surface area contributed by atoms with Crippen LogP contribution in [-0.2, 0) is 0 Å². The Balaban J connectivity index is 1.95. The maximum Gasteiger partial charge on any atom is 0.336 e. The fraction of sp³-hybridized carbons (Fsp3) is 0.111. The SMILES string of the molecule is Cc1ccc2c(C(=O)O)cc(-c3ccc4c(c3)OCO4)nc2c1. The molecule has 4 rings (SSSR count). The van der Waals surface area contributed by atoms with Crippen molar-refractivity contribution in [2.75, 3.05) is 6.79 Å². The zero-order valence-electron chi connectivity index (χ0n) is 12.4. The lowest BCUT2D eigenvalue weighted by atomic mass is 10.0. The number of nitrogens with zero attached hydrogens (tertiary/aromatic N) is 1. The zero-order chi connectivity index (χ0) is 16.0. The number of carbonyl (C=O) groups is 1. The van der Waals surface area contributed by atoms with Crippen LogP contribution < -0.4 is 9.47 Å². The van der Waals surface area contributed by atoms with Crippen LogP contribution in [0, 0.1) is 6.92 Å². The molecule has 3 aromatic rings. The van der Waals surface area contributed by atoms with E-state index in [0.717, 1.165) is 11.1 Å². The summed E-state index contributed by atoms with van der Waals surface area (Å²) in [5.41, 5.74) is 3.32. The van der Waals surface area contributed by atoms with Crippen LogP contribution in [0.3, 0.4) is 0 Å². The number of pyridine rings is 1. The molecule has 0 saturated heterocycles. The van der Waals surface area contributed by atoms with Crippen molar-refractivity contribution in [2.24, 2.45) is 0 Å². The molecule has 0 amide bonds. The normalized spacial score (nSPS) is 12.6. The highest BCUT2D eigenvalue weighted by Crippen LogP contribution is 2.36. The Labute approximate surface area is 132 Å². The summed E-state index contributed by atoms with van der Waals surface area (Å²) in [4.78, 5) is 16.2. The van der Waals surface area contributed by atoms with Gasteiger partial charge in [-0.1, -0.05) is 12.1 Å². The highest BCUT2D eigenvalue weighted by atomic mass is 16.7. The molecule has 23 heavy (non-hydrogen) atoms. The highest BCUT2D eigenvalue weighted by Gasteiger charge is 2.17. The van der Waals surface area contributed by atoms with E-state index >= 15 is 0 Å². The van der Waals surface area contributed by atoms with Crippen LogP contribution in [-0.4, -0.2) is 22.9 Å². The molecule has 0 aliphatic carbocycles. The van der Waals surface area contributed by atoms with Crippen LogP contribution >= 0.6 is 0 Å². The smallest absolute Gasteiger partial charge is 0.336 e. The summed E-state index contributed by atoms with van der Waals surface area (Å²) in [5, 5.41) is 10.1. The molecule has 1 aliphatic heterocycles. The van der Waals surface area contributed by atoms with Crippen molar-refractivity contribution in [3.63, 3.8) is 0 Å². The number of hydrogen-bond acceptors (Lipinski definition) is 4. The monoisotopic (exact) mass is 307 g/mol.